The zero-order valence-corrected chi connectivity index (χ0v) is 12.0. The molecule has 5 heteroatoms. The molecule has 0 aliphatic heterocycles. The predicted octanol–water partition coefficient (Wildman–Crippen LogP) is 4.44. The fourth-order valence-electron chi connectivity index (χ4n) is 1.87. The Morgan fingerprint density at radius 2 is 2.00 bits per heavy atom. The van der Waals surface area contributed by atoms with Gasteiger partial charge in [-0.05, 0) is 37.1 Å². The second-order valence-corrected chi connectivity index (χ2v) is 4.96. The van der Waals surface area contributed by atoms with Crippen molar-refractivity contribution in [2.75, 3.05) is 0 Å². The van der Waals surface area contributed by atoms with Crippen molar-refractivity contribution in [3.63, 3.8) is 0 Å². The van der Waals surface area contributed by atoms with Crippen molar-refractivity contribution in [2.45, 2.75) is 20.5 Å². The molecule has 0 bridgehead atoms. The van der Waals surface area contributed by atoms with Crippen LogP contribution in [0.4, 0.5) is 5.69 Å². The van der Waals surface area contributed by atoms with Gasteiger partial charge < -0.3 is 4.74 Å². The zero-order valence-electron chi connectivity index (χ0n) is 11.2. The molecule has 0 saturated carbocycles. The van der Waals surface area contributed by atoms with Gasteiger partial charge >= 0.3 is 0 Å². The highest BCUT2D eigenvalue weighted by Crippen LogP contribution is 2.28. The van der Waals surface area contributed by atoms with E-state index in [4.69, 9.17) is 16.3 Å². The lowest BCUT2D eigenvalue weighted by Gasteiger charge is -2.11. The number of rotatable bonds is 4. The standard InChI is InChI=1S/C15H14ClNO3/c1-10-6-7-11(2)15(8-10)20-9-12-13(16)4-3-5-14(12)17(18)19/h3-8H,9H2,1-2H3. The molecule has 0 aromatic heterocycles. The van der Waals surface area contributed by atoms with Crippen molar-refractivity contribution in [3.8, 4) is 5.75 Å². The fraction of sp³-hybridized carbons (Fsp3) is 0.200. The fourth-order valence-corrected chi connectivity index (χ4v) is 2.10. The van der Waals surface area contributed by atoms with Crippen LogP contribution in [0.1, 0.15) is 16.7 Å². The molecule has 4 nitrogen and oxygen atoms in total. The molecule has 2 rings (SSSR count). The van der Waals surface area contributed by atoms with Gasteiger partial charge in [0.1, 0.15) is 12.4 Å². The highest BCUT2D eigenvalue weighted by atomic mass is 35.5. The molecular weight excluding hydrogens is 278 g/mol. The van der Waals surface area contributed by atoms with Gasteiger partial charge in [-0.25, -0.2) is 0 Å². The third-order valence-electron chi connectivity index (χ3n) is 3.01. The van der Waals surface area contributed by atoms with Crippen LogP contribution in [0.2, 0.25) is 5.02 Å². The molecule has 0 fully saturated rings. The van der Waals surface area contributed by atoms with E-state index in [0.29, 0.717) is 16.3 Å². The van der Waals surface area contributed by atoms with Crippen LogP contribution in [0.25, 0.3) is 0 Å². The van der Waals surface area contributed by atoms with Crippen LogP contribution in [0, 0.1) is 24.0 Å². The van der Waals surface area contributed by atoms with Gasteiger partial charge in [0.05, 0.1) is 15.5 Å². The van der Waals surface area contributed by atoms with E-state index in [0.717, 1.165) is 11.1 Å². The van der Waals surface area contributed by atoms with Crippen molar-refractivity contribution in [2.24, 2.45) is 0 Å². The minimum atomic E-state index is -0.451. The van der Waals surface area contributed by atoms with Crippen molar-refractivity contribution in [3.05, 3.63) is 68.2 Å². The van der Waals surface area contributed by atoms with Crippen LogP contribution in [-0.4, -0.2) is 4.92 Å². The minimum Gasteiger partial charge on any atom is -0.488 e. The van der Waals surface area contributed by atoms with Crippen LogP contribution in [-0.2, 0) is 6.61 Å². The predicted molar refractivity (Wildman–Crippen MR) is 78.4 cm³/mol. The topological polar surface area (TPSA) is 52.4 Å². The maximum atomic E-state index is 11.0. The quantitative estimate of drug-likeness (QED) is 0.618. The summed E-state index contributed by atoms with van der Waals surface area (Å²) < 4.78 is 5.69. The molecule has 2 aromatic carbocycles. The molecule has 0 atom stereocenters. The minimum absolute atomic E-state index is 0.0252. The number of nitro benzene ring substituents is 1. The smallest absolute Gasteiger partial charge is 0.277 e. The van der Waals surface area contributed by atoms with Crippen LogP contribution in [0.15, 0.2) is 36.4 Å². The first kappa shape index (κ1) is 14.3. The molecule has 0 radical (unpaired) electrons. The van der Waals surface area contributed by atoms with Crippen LogP contribution in [0.3, 0.4) is 0 Å². The van der Waals surface area contributed by atoms with Gasteiger partial charge in [-0.1, -0.05) is 29.8 Å². The normalized spacial score (nSPS) is 10.3. The van der Waals surface area contributed by atoms with E-state index in [1.807, 2.05) is 32.0 Å². The highest BCUT2D eigenvalue weighted by molar-refractivity contribution is 6.31. The Hall–Kier alpha value is -2.07. The number of hydrogen-bond donors (Lipinski definition) is 0. The number of aryl methyl sites for hydroxylation is 2. The van der Waals surface area contributed by atoms with Crippen LogP contribution >= 0.6 is 11.6 Å². The van der Waals surface area contributed by atoms with Gasteiger partial charge in [0, 0.05) is 6.07 Å². The van der Waals surface area contributed by atoms with Gasteiger partial charge in [0.25, 0.3) is 5.69 Å². The van der Waals surface area contributed by atoms with E-state index in [1.54, 1.807) is 12.1 Å². The largest absolute Gasteiger partial charge is 0.488 e. The summed E-state index contributed by atoms with van der Waals surface area (Å²) in [6.45, 7) is 3.96. The molecule has 2 aromatic rings. The Balaban J connectivity index is 2.27. The average Bonchev–Trinajstić information content (AvgIpc) is 2.40. The molecule has 20 heavy (non-hydrogen) atoms. The first-order valence-electron chi connectivity index (χ1n) is 6.11. The number of benzene rings is 2. The molecule has 0 amide bonds. The van der Waals surface area contributed by atoms with E-state index in [1.165, 1.54) is 6.07 Å². The number of nitro groups is 1. The van der Waals surface area contributed by atoms with Crippen LogP contribution in [0.5, 0.6) is 5.75 Å². The zero-order chi connectivity index (χ0) is 14.7. The van der Waals surface area contributed by atoms with Gasteiger partial charge in [0.2, 0.25) is 0 Å². The van der Waals surface area contributed by atoms with E-state index in [9.17, 15) is 10.1 Å². The summed E-state index contributed by atoms with van der Waals surface area (Å²) >= 11 is 6.03. The summed E-state index contributed by atoms with van der Waals surface area (Å²) in [5, 5.41) is 11.3. The second kappa shape index (κ2) is 5.92. The van der Waals surface area contributed by atoms with Crippen molar-refractivity contribution < 1.29 is 9.66 Å². The van der Waals surface area contributed by atoms with Crippen molar-refractivity contribution in [1.82, 2.24) is 0 Å². The Kier molecular flexibility index (Phi) is 4.25. The molecule has 0 aliphatic carbocycles. The summed E-state index contributed by atoms with van der Waals surface area (Å²) in [5.41, 5.74) is 2.41. The molecule has 0 spiro atoms. The lowest BCUT2D eigenvalue weighted by atomic mass is 10.1. The van der Waals surface area contributed by atoms with Crippen LogP contribution < -0.4 is 4.74 Å². The Morgan fingerprint density at radius 1 is 1.25 bits per heavy atom. The molecular formula is C15H14ClNO3. The Bertz CT molecular complexity index is 656. The number of nitrogens with zero attached hydrogens (tertiary/aromatic N) is 1. The summed E-state index contributed by atoms with van der Waals surface area (Å²) in [6, 6.07) is 10.4. The molecule has 0 saturated heterocycles. The number of halogens is 1. The highest BCUT2D eigenvalue weighted by Gasteiger charge is 2.17. The van der Waals surface area contributed by atoms with E-state index >= 15 is 0 Å². The monoisotopic (exact) mass is 291 g/mol. The number of ether oxygens (including phenoxy) is 1. The second-order valence-electron chi connectivity index (χ2n) is 4.55. The van der Waals surface area contributed by atoms with Gasteiger partial charge in [-0.2, -0.15) is 0 Å². The Morgan fingerprint density at radius 3 is 2.70 bits per heavy atom. The van der Waals surface area contributed by atoms with Gasteiger partial charge in [0.15, 0.2) is 0 Å². The molecule has 104 valence electrons. The van der Waals surface area contributed by atoms with E-state index in [-0.39, 0.29) is 12.3 Å². The average molecular weight is 292 g/mol. The summed E-state index contributed by atoms with van der Waals surface area (Å²) in [7, 11) is 0. The maximum Gasteiger partial charge on any atom is 0.277 e. The summed E-state index contributed by atoms with van der Waals surface area (Å²) in [4.78, 5) is 10.5. The first-order valence-corrected chi connectivity index (χ1v) is 6.48. The van der Waals surface area contributed by atoms with Crippen molar-refractivity contribution in [1.29, 1.82) is 0 Å². The lowest BCUT2D eigenvalue weighted by molar-refractivity contribution is -0.385. The third-order valence-corrected chi connectivity index (χ3v) is 3.36. The first-order chi connectivity index (χ1) is 9.49. The molecule has 0 N–H and O–H groups in total. The molecule has 0 aliphatic rings. The van der Waals surface area contributed by atoms with E-state index < -0.39 is 4.92 Å². The summed E-state index contributed by atoms with van der Waals surface area (Å²) in [5.74, 6) is 0.708. The third kappa shape index (κ3) is 3.08. The maximum absolute atomic E-state index is 11.0. The number of hydrogen-bond acceptors (Lipinski definition) is 3. The van der Waals surface area contributed by atoms with E-state index in [2.05, 4.69) is 0 Å². The van der Waals surface area contributed by atoms with Gasteiger partial charge in [-0.15, -0.1) is 0 Å². The Labute approximate surface area is 122 Å². The summed E-state index contributed by atoms with van der Waals surface area (Å²) in [6.07, 6.45) is 0. The molecule has 0 heterocycles. The lowest BCUT2D eigenvalue weighted by Crippen LogP contribution is -2.02. The molecule has 0 unspecified atom stereocenters. The van der Waals surface area contributed by atoms with Crippen molar-refractivity contribution >= 4 is 17.3 Å². The van der Waals surface area contributed by atoms with Gasteiger partial charge in [-0.3, -0.25) is 10.1 Å². The SMILES string of the molecule is Cc1ccc(C)c(OCc2c(Cl)cccc2[N+](=O)[O-])c1.